The van der Waals surface area contributed by atoms with Gasteiger partial charge in [0.25, 0.3) is 10.1 Å². The van der Waals surface area contributed by atoms with Crippen molar-refractivity contribution in [2.24, 2.45) is 0 Å². The van der Waals surface area contributed by atoms with E-state index in [1.807, 2.05) is 24.3 Å². The minimum atomic E-state index is -3.99. The lowest BCUT2D eigenvalue weighted by molar-refractivity contribution is 0.499. The van der Waals surface area contributed by atoms with Gasteiger partial charge in [-0.2, -0.15) is 8.42 Å². The van der Waals surface area contributed by atoms with Gasteiger partial charge in [0.05, 0.1) is 0 Å². The first kappa shape index (κ1) is 10.0. The number of rotatable bonds is 1. The number of halogens is 1. The van der Waals surface area contributed by atoms with Gasteiger partial charge in [-0.1, -0.05) is 45.0 Å². The molecule has 1 aromatic carbocycles. The van der Waals surface area contributed by atoms with Gasteiger partial charge >= 0.3 is 0 Å². The fourth-order valence-electron chi connectivity index (χ4n) is 1.12. The summed E-state index contributed by atoms with van der Waals surface area (Å²) in [5, 5.41) is 0. The maximum absolute atomic E-state index is 10.9. The first-order valence-electron chi connectivity index (χ1n) is 3.84. The van der Waals surface area contributed by atoms with E-state index < -0.39 is 30.8 Å². The summed E-state index contributed by atoms with van der Waals surface area (Å²) in [6, 6.07) is 7.62. The molecule has 1 aliphatic rings. The zero-order valence-corrected chi connectivity index (χ0v) is 9.99. The Balaban J connectivity index is 2.59. The molecule has 0 unspecified atom stereocenters. The average Bonchev–Trinajstić information content (AvgIpc) is 2.16. The quantitative estimate of drug-likeness (QED) is 0.634. The molecule has 0 spiro atoms. The van der Waals surface area contributed by atoms with Gasteiger partial charge in [-0.3, -0.25) is 4.55 Å². The van der Waals surface area contributed by atoms with Gasteiger partial charge in [-0.05, 0) is 17.7 Å². The molecule has 5 heteroatoms. The number of fused-ring (bicyclic) bond motifs is 1. The smallest absolute Gasteiger partial charge is 0.281 e. The fourth-order valence-corrected chi connectivity index (χ4v) is 4.84. The second-order valence-electron chi connectivity index (χ2n) is 2.73. The van der Waals surface area contributed by atoms with E-state index in [-0.39, 0.29) is 2.84 Å². The van der Waals surface area contributed by atoms with Gasteiger partial charge in [0.1, 0.15) is 2.84 Å². The molecule has 0 amide bonds. The molecule has 1 N–H and O–H groups in total. The van der Waals surface area contributed by atoms with Crippen molar-refractivity contribution in [3.05, 3.63) is 39.5 Å². The van der Waals surface area contributed by atoms with Crippen LogP contribution >= 0.6 is 20.7 Å². The molecular formula is C9H7IO3S. The van der Waals surface area contributed by atoms with Crippen LogP contribution in [0.2, 0.25) is 0 Å². The Hall–Kier alpha value is -0.530. The predicted molar refractivity (Wildman–Crippen MR) is 64.7 cm³/mol. The highest BCUT2D eigenvalue weighted by atomic mass is 127. The van der Waals surface area contributed by atoms with E-state index in [4.69, 9.17) is 4.55 Å². The second-order valence-corrected chi connectivity index (χ2v) is 7.71. The lowest BCUT2D eigenvalue weighted by atomic mass is 10.2. The summed E-state index contributed by atoms with van der Waals surface area (Å²) in [4.78, 5) is 0. The third-order valence-electron chi connectivity index (χ3n) is 1.74. The Kier molecular flexibility index (Phi) is 2.54. The summed E-state index contributed by atoms with van der Waals surface area (Å²) in [6.45, 7) is 0. The van der Waals surface area contributed by atoms with E-state index in [1.54, 1.807) is 6.08 Å². The maximum atomic E-state index is 10.9. The van der Waals surface area contributed by atoms with E-state index in [0.29, 0.717) is 0 Å². The highest BCUT2D eigenvalue weighted by Crippen LogP contribution is 2.25. The number of hydrogen-bond donors (Lipinski definition) is 1. The third-order valence-corrected chi connectivity index (χ3v) is 7.01. The number of hydrogen-bond acceptors (Lipinski definition) is 2. The van der Waals surface area contributed by atoms with Crippen LogP contribution < -0.4 is 0 Å². The molecule has 0 aliphatic carbocycles. The molecule has 0 saturated heterocycles. The third kappa shape index (κ3) is 1.94. The van der Waals surface area contributed by atoms with Gasteiger partial charge in [0.15, 0.2) is 0 Å². The molecule has 0 atom stereocenters. The van der Waals surface area contributed by atoms with Crippen molar-refractivity contribution >= 4 is 39.8 Å². The molecule has 1 aromatic rings. The van der Waals surface area contributed by atoms with Crippen LogP contribution in [0.5, 0.6) is 0 Å². The normalized spacial score (nSPS) is 15.4. The Labute approximate surface area is 92.0 Å². The van der Waals surface area contributed by atoms with Crippen LogP contribution in [-0.2, 0) is 10.1 Å². The van der Waals surface area contributed by atoms with Crippen molar-refractivity contribution in [2.45, 2.75) is 0 Å². The van der Waals surface area contributed by atoms with Crippen molar-refractivity contribution in [3.63, 3.8) is 0 Å². The molecule has 1 heterocycles. The van der Waals surface area contributed by atoms with Crippen LogP contribution in [0.1, 0.15) is 5.56 Å². The van der Waals surface area contributed by atoms with Crippen molar-refractivity contribution in [1.29, 1.82) is 0 Å². The molecular weight excluding hydrogens is 315 g/mol. The van der Waals surface area contributed by atoms with Gasteiger partial charge < -0.3 is 0 Å². The lowest BCUT2D eigenvalue weighted by Gasteiger charge is -2.06. The zero-order valence-electron chi connectivity index (χ0n) is 7.01. The van der Waals surface area contributed by atoms with Gasteiger partial charge in [0.2, 0.25) is 0 Å². The summed E-state index contributed by atoms with van der Waals surface area (Å²) in [5.41, 5.74) is 1.05. The first-order chi connectivity index (χ1) is 6.57. The molecule has 0 saturated carbocycles. The molecule has 0 radical (unpaired) electrons. The molecule has 2 rings (SSSR count). The van der Waals surface area contributed by atoms with Crippen LogP contribution in [0.4, 0.5) is 0 Å². The van der Waals surface area contributed by atoms with Crippen LogP contribution in [0, 0.1) is 3.57 Å². The van der Waals surface area contributed by atoms with Crippen molar-refractivity contribution in [1.82, 2.24) is 0 Å². The van der Waals surface area contributed by atoms with E-state index in [9.17, 15) is 8.42 Å². The summed E-state index contributed by atoms with van der Waals surface area (Å²) < 4.78 is 31.9. The van der Waals surface area contributed by atoms with Gasteiger partial charge in [-0.15, -0.1) is 0 Å². The molecule has 74 valence electrons. The summed E-state index contributed by atoms with van der Waals surface area (Å²) in [5.74, 6) is 0. The molecule has 1 aliphatic heterocycles. The van der Waals surface area contributed by atoms with Gasteiger partial charge in [0, 0.05) is 3.57 Å². The fraction of sp³-hybridized carbons (Fsp3) is 0. The van der Waals surface area contributed by atoms with E-state index in [0.717, 1.165) is 9.13 Å². The first-order valence-corrected chi connectivity index (χ1v) is 7.43. The zero-order chi connectivity index (χ0) is 10.2. The summed E-state index contributed by atoms with van der Waals surface area (Å²) >= 11 is -0.769. The minimum absolute atomic E-state index is 0.162. The van der Waals surface area contributed by atoms with Crippen LogP contribution in [0.25, 0.3) is 6.08 Å². The van der Waals surface area contributed by atoms with Crippen molar-refractivity contribution < 1.29 is 13.0 Å². The van der Waals surface area contributed by atoms with Crippen LogP contribution in [0.3, 0.4) is 0 Å². The monoisotopic (exact) mass is 322 g/mol. The molecule has 0 bridgehead atoms. The summed E-state index contributed by atoms with van der Waals surface area (Å²) in [6.07, 6.45) is 3.21. The Bertz CT molecular complexity index is 529. The Morgan fingerprint density at radius 1 is 1.14 bits per heavy atom. The van der Waals surface area contributed by atoms with Crippen molar-refractivity contribution in [3.8, 4) is 0 Å². The Morgan fingerprint density at radius 3 is 2.57 bits per heavy atom. The van der Waals surface area contributed by atoms with Crippen LogP contribution in [0.15, 0.2) is 30.3 Å². The maximum Gasteiger partial charge on any atom is 0.300 e. The lowest BCUT2D eigenvalue weighted by Crippen LogP contribution is -2.09. The minimum Gasteiger partial charge on any atom is -0.281 e. The number of benzene rings is 1. The second kappa shape index (κ2) is 3.56. The largest absolute Gasteiger partial charge is 0.300 e. The van der Waals surface area contributed by atoms with E-state index in [2.05, 4.69) is 0 Å². The molecule has 0 fully saturated rings. The molecule has 3 nitrogen and oxygen atoms in total. The highest BCUT2D eigenvalue weighted by Gasteiger charge is 2.15. The average molecular weight is 322 g/mol. The predicted octanol–water partition coefficient (Wildman–Crippen LogP) is 1.87. The highest BCUT2D eigenvalue weighted by molar-refractivity contribution is 14.2. The topological polar surface area (TPSA) is 54.4 Å². The van der Waals surface area contributed by atoms with Crippen LogP contribution in [-0.4, -0.2) is 15.8 Å². The van der Waals surface area contributed by atoms with Gasteiger partial charge in [-0.25, -0.2) is 0 Å². The van der Waals surface area contributed by atoms with Crippen molar-refractivity contribution in [2.75, 3.05) is 0 Å². The summed E-state index contributed by atoms with van der Waals surface area (Å²) in [7, 11) is -3.99. The SMILES string of the molecule is O=S(=O)(O)C1=Ic2ccccc2C=C1. The van der Waals surface area contributed by atoms with E-state index >= 15 is 0 Å². The standard InChI is InChI=1S/C9H7IO3S/c11-14(12,13)9-6-5-7-3-1-2-4-8(7)10-9/h1-6H,(H,11,12,13). The molecule has 0 aromatic heterocycles. The molecule has 14 heavy (non-hydrogen) atoms. The van der Waals surface area contributed by atoms with E-state index in [1.165, 1.54) is 6.08 Å². The Morgan fingerprint density at radius 2 is 1.86 bits per heavy atom.